The Bertz CT molecular complexity index is 1130. The number of hydrogen-bond donors (Lipinski definition) is 1. The van der Waals surface area contributed by atoms with Gasteiger partial charge in [0.15, 0.2) is 5.43 Å². The van der Waals surface area contributed by atoms with Gasteiger partial charge in [0.25, 0.3) is 5.91 Å². The first kappa shape index (κ1) is 25.7. The fraction of sp³-hybridized carbons (Fsp3) is 0.276. The topological polar surface area (TPSA) is 81.7 Å². The zero-order valence-corrected chi connectivity index (χ0v) is 19.8. The molecule has 0 heterocycles. The molecule has 0 saturated carbocycles. The average Bonchev–Trinajstić information content (AvgIpc) is 3.08. The van der Waals surface area contributed by atoms with Crippen LogP contribution in [0.5, 0.6) is 5.75 Å². The van der Waals surface area contributed by atoms with E-state index in [0.29, 0.717) is 19.6 Å². The maximum absolute atomic E-state index is 12.5. The molecule has 0 fully saturated rings. The largest absolute Gasteiger partial charge is 0.494 e. The maximum Gasteiger partial charge on any atom is 0.338 e. The van der Waals surface area contributed by atoms with E-state index in [4.69, 9.17) is 9.47 Å². The molecule has 6 heteroatoms. The quantitative estimate of drug-likeness (QED) is 0.284. The lowest BCUT2D eigenvalue weighted by Crippen LogP contribution is -2.28. The summed E-state index contributed by atoms with van der Waals surface area (Å²) in [6.07, 6.45) is 4.08. The molecule has 0 aliphatic rings. The van der Waals surface area contributed by atoms with Crippen molar-refractivity contribution < 1.29 is 19.1 Å². The van der Waals surface area contributed by atoms with Crippen LogP contribution in [-0.4, -0.2) is 31.6 Å². The Morgan fingerprint density at radius 2 is 1.40 bits per heavy atom. The van der Waals surface area contributed by atoms with Gasteiger partial charge in [-0.05, 0) is 74.1 Å². The van der Waals surface area contributed by atoms with Crippen LogP contribution in [0.2, 0.25) is 0 Å². The number of carbonyl (C=O) groups excluding carboxylic acids is 2. The number of esters is 1. The predicted molar refractivity (Wildman–Crippen MR) is 136 cm³/mol. The highest BCUT2D eigenvalue weighted by Gasteiger charge is 2.11. The summed E-state index contributed by atoms with van der Waals surface area (Å²) in [6.45, 7) is 1.26. The van der Waals surface area contributed by atoms with E-state index in [1.807, 2.05) is 48.5 Å². The summed E-state index contributed by atoms with van der Waals surface area (Å²) >= 11 is 0. The number of unbranched alkanes of at least 4 members (excludes halogenated alkanes) is 2. The summed E-state index contributed by atoms with van der Waals surface area (Å²) < 4.78 is 10.9. The lowest BCUT2D eigenvalue weighted by molar-refractivity contribution is 0.0494. The third kappa shape index (κ3) is 9.08. The van der Waals surface area contributed by atoms with Gasteiger partial charge >= 0.3 is 5.97 Å². The van der Waals surface area contributed by atoms with Gasteiger partial charge in [-0.3, -0.25) is 9.59 Å². The van der Waals surface area contributed by atoms with Crippen LogP contribution in [0.3, 0.4) is 0 Å². The molecule has 0 saturated heterocycles. The van der Waals surface area contributed by atoms with Gasteiger partial charge in [-0.15, -0.1) is 0 Å². The minimum atomic E-state index is -0.531. The lowest BCUT2D eigenvalue weighted by atomic mass is 10.1. The van der Waals surface area contributed by atoms with Gasteiger partial charge in [-0.1, -0.05) is 48.5 Å². The fourth-order valence-corrected chi connectivity index (χ4v) is 3.44. The zero-order chi connectivity index (χ0) is 24.7. The molecule has 3 aromatic carbocycles. The number of ether oxygens (including phenoxy) is 2. The Morgan fingerprint density at radius 3 is 2.17 bits per heavy atom. The van der Waals surface area contributed by atoms with Crippen LogP contribution in [-0.2, 0) is 11.2 Å². The number of nitrogens with one attached hydrogen (secondary N) is 1. The molecule has 0 unspecified atom stereocenters. The van der Waals surface area contributed by atoms with Crippen molar-refractivity contribution in [1.82, 2.24) is 5.32 Å². The number of carbonyl (C=O) groups is 2. The molecule has 0 bridgehead atoms. The molecule has 3 rings (SSSR count). The second-order valence-electron chi connectivity index (χ2n) is 8.10. The number of para-hydroxylation sites is 1. The van der Waals surface area contributed by atoms with Crippen LogP contribution in [0.15, 0.2) is 89.7 Å². The van der Waals surface area contributed by atoms with Gasteiger partial charge in [-0.2, -0.15) is 0 Å². The van der Waals surface area contributed by atoms with Crippen LogP contribution in [0, 0.1) is 0 Å². The first-order chi connectivity index (χ1) is 17.1. The monoisotopic (exact) mass is 473 g/mol. The highest BCUT2D eigenvalue weighted by Crippen LogP contribution is 2.09. The van der Waals surface area contributed by atoms with Crippen molar-refractivity contribution in [3.8, 4) is 5.75 Å². The third-order valence-electron chi connectivity index (χ3n) is 5.39. The highest BCUT2D eigenvalue weighted by molar-refractivity contribution is 5.95. The molecular formula is C29H31NO5. The Kier molecular flexibility index (Phi) is 10.5. The molecule has 0 aliphatic heterocycles. The fourth-order valence-electron chi connectivity index (χ4n) is 3.44. The van der Waals surface area contributed by atoms with Crippen LogP contribution >= 0.6 is 0 Å². The van der Waals surface area contributed by atoms with Crippen molar-refractivity contribution in [2.45, 2.75) is 32.1 Å². The average molecular weight is 474 g/mol. The van der Waals surface area contributed by atoms with Gasteiger partial charge in [-0.25, -0.2) is 4.79 Å². The number of aryl methyl sites for hydroxylation is 1. The first-order valence-electron chi connectivity index (χ1n) is 11.9. The van der Waals surface area contributed by atoms with E-state index in [9.17, 15) is 14.4 Å². The van der Waals surface area contributed by atoms with Gasteiger partial charge in [0.05, 0.1) is 24.3 Å². The summed E-state index contributed by atoms with van der Waals surface area (Å²) in [5, 5.41) is 2.79. The van der Waals surface area contributed by atoms with E-state index >= 15 is 0 Å². The van der Waals surface area contributed by atoms with Gasteiger partial charge in [0, 0.05) is 6.54 Å². The maximum atomic E-state index is 12.5. The van der Waals surface area contributed by atoms with Gasteiger partial charge in [0.1, 0.15) is 5.75 Å². The van der Waals surface area contributed by atoms with Crippen molar-refractivity contribution >= 4 is 11.9 Å². The molecule has 1 amide bonds. The molecule has 1 N–H and O–H groups in total. The zero-order valence-electron chi connectivity index (χ0n) is 19.8. The van der Waals surface area contributed by atoms with Crippen LogP contribution in [0.1, 0.15) is 52.0 Å². The first-order valence-corrected chi connectivity index (χ1v) is 11.9. The lowest BCUT2D eigenvalue weighted by Gasteiger charge is -2.06. The number of hydrogen-bond acceptors (Lipinski definition) is 5. The normalized spacial score (nSPS) is 10.4. The summed E-state index contributed by atoms with van der Waals surface area (Å²) in [4.78, 5) is 37.1. The highest BCUT2D eigenvalue weighted by atomic mass is 16.5. The summed E-state index contributed by atoms with van der Waals surface area (Å²) in [7, 11) is 0. The standard InChI is InChI=1S/C29H31NO5/c31-27-19-17-24(29(33)35-22-10-9-21-34-25-14-5-2-6-15-25)16-18-26(27)28(32)30-20-8-7-13-23-11-3-1-4-12-23/h1-6,11-12,14-19H,7-10,13,20-22H2,(H,30,32). The SMILES string of the molecule is O=C(OCCCCOc1ccccc1)c1ccc(C(=O)NCCCCc2ccccc2)c(=O)cc1. The molecule has 6 nitrogen and oxygen atoms in total. The number of benzene rings is 2. The van der Waals surface area contributed by atoms with Crippen LogP contribution < -0.4 is 15.5 Å². The van der Waals surface area contributed by atoms with E-state index < -0.39 is 17.3 Å². The van der Waals surface area contributed by atoms with Crippen LogP contribution in [0.25, 0.3) is 0 Å². The van der Waals surface area contributed by atoms with E-state index in [2.05, 4.69) is 17.4 Å². The predicted octanol–water partition coefficient (Wildman–Crippen LogP) is 4.82. The molecular weight excluding hydrogens is 442 g/mol. The molecule has 0 aliphatic carbocycles. The van der Waals surface area contributed by atoms with E-state index in [0.717, 1.165) is 31.4 Å². The van der Waals surface area contributed by atoms with E-state index in [-0.39, 0.29) is 17.7 Å². The van der Waals surface area contributed by atoms with Crippen molar-refractivity contribution in [2.75, 3.05) is 19.8 Å². The minimum absolute atomic E-state index is 0.00479. The van der Waals surface area contributed by atoms with Crippen LogP contribution in [0.4, 0.5) is 0 Å². The minimum Gasteiger partial charge on any atom is -0.494 e. The second kappa shape index (κ2) is 14.4. The summed E-state index contributed by atoms with van der Waals surface area (Å²) in [5.74, 6) is -0.165. The molecule has 0 atom stereocenters. The molecule has 0 radical (unpaired) electrons. The van der Waals surface area contributed by atoms with E-state index in [1.54, 1.807) is 0 Å². The number of rotatable bonds is 13. The Labute approximate surface area is 205 Å². The third-order valence-corrected chi connectivity index (χ3v) is 5.39. The smallest absolute Gasteiger partial charge is 0.338 e. The summed E-state index contributed by atoms with van der Waals surface area (Å²) in [6, 6.07) is 25.1. The molecule has 182 valence electrons. The van der Waals surface area contributed by atoms with Crippen molar-refractivity contribution in [3.05, 3.63) is 112 Å². The van der Waals surface area contributed by atoms with Crippen molar-refractivity contribution in [2.24, 2.45) is 0 Å². The Morgan fingerprint density at radius 1 is 0.714 bits per heavy atom. The van der Waals surface area contributed by atoms with Crippen molar-refractivity contribution in [1.29, 1.82) is 0 Å². The Balaban J connectivity index is 1.38. The van der Waals surface area contributed by atoms with Gasteiger partial charge < -0.3 is 14.8 Å². The summed E-state index contributed by atoms with van der Waals surface area (Å²) in [5.41, 5.74) is 1.05. The van der Waals surface area contributed by atoms with E-state index in [1.165, 1.54) is 29.8 Å². The molecule has 0 spiro atoms. The van der Waals surface area contributed by atoms with Crippen molar-refractivity contribution in [3.63, 3.8) is 0 Å². The van der Waals surface area contributed by atoms with Gasteiger partial charge in [0.2, 0.25) is 0 Å². The molecule has 3 aromatic rings. The number of amides is 1. The Hall–Kier alpha value is -3.93. The molecule has 0 aromatic heterocycles. The second-order valence-corrected chi connectivity index (χ2v) is 8.10. The molecule has 35 heavy (non-hydrogen) atoms.